The largest absolute Gasteiger partial charge is 0.293 e. The highest BCUT2D eigenvalue weighted by Gasteiger charge is 2.40. The second-order valence-corrected chi connectivity index (χ2v) is 4.37. The number of hydrogen-bond acceptors (Lipinski definition) is 2. The van der Waals surface area contributed by atoms with Gasteiger partial charge in [-0.3, -0.25) is 9.59 Å². The maximum atomic E-state index is 13.7. The molecule has 2 aromatic carbocycles. The molecule has 0 N–H and O–H groups in total. The molecule has 0 amide bonds. The summed E-state index contributed by atoms with van der Waals surface area (Å²) in [6, 6.07) is 9.09. The Morgan fingerprint density at radius 1 is 0.842 bits per heavy atom. The standard InChI is InChI=1S/C15H8F2O2/c16-8-5-6-12(17)11(7-8)13-14(18)9-3-1-2-4-10(9)15(13)19/h1-7,13H. The molecule has 0 saturated heterocycles. The van der Waals surface area contributed by atoms with Crippen molar-refractivity contribution in [2.75, 3.05) is 0 Å². The van der Waals surface area contributed by atoms with E-state index in [4.69, 9.17) is 0 Å². The molecule has 0 unspecified atom stereocenters. The van der Waals surface area contributed by atoms with Gasteiger partial charge in [0.2, 0.25) is 0 Å². The Morgan fingerprint density at radius 2 is 1.42 bits per heavy atom. The fourth-order valence-electron chi connectivity index (χ4n) is 2.36. The molecule has 0 aromatic heterocycles. The molecule has 3 rings (SSSR count). The third kappa shape index (κ3) is 1.68. The van der Waals surface area contributed by atoms with Gasteiger partial charge in [-0.2, -0.15) is 0 Å². The molecule has 19 heavy (non-hydrogen) atoms. The van der Waals surface area contributed by atoms with Gasteiger partial charge in [-0.05, 0) is 18.2 Å². The number of carbonyl (C=O) groups excluding carboxylic acids is 2. The zero-order chi connectivity index (χ0) is 13.6. The molecule has 2 nitrogen and oxygen atoms in total. The molecule has 94 valence electrons. The number of ketones is 2. The minimum Gasteiger partial charge on any atom is -0.293 e. The first-order valence-corrected chi connectivity index (χ1v) is 5.72. The summed E-state index contributed by atoms with van der Waals surface area (Å²) in [4.78, 5) is 24.3. The van der Waals surface area contributed by atoms with E-state index in [2.05, 4.69) is 0 Å². The molecule has 1 aliphatic carbocycles. The van der Waals surface area contributed by atoms with Crippen LogP contribution in [0.5, 0.6) is 0 Å². The van der Waals surface area contributed by atoms with Crippen molar-refractivity contribution in [3.63, 3.8) is 0 Å². The highest BCUT2D eigenvalue weighted by atomic mass is 19.1. The average molecular weight is 258 g/mol. The van der Waals surface area contributed by atoms with E-state index in [1.807, 2.05) is 0 Å². The van der Waals surface area contributed by atoms with E-state index in [0.29, 0.717) is 0 Å². The molecule has 2 aromatic rings. The molecule has 4 heteroatoms. The molecule has 0 spiro atoms. The number of fused-ring (bicyclic) bond motifs is 1. The molecule has 1 aliphatic rings. The van der Waals surface area contributed by atoms with Crippen molar-refractivity contribution >= 4 is 11.6 Å². The van der Waals surface area contributed by atoms with Gasteiger partial charge in [0, 0.05) is 16.7 Å². The van der Waals surface area contributed by atoms with Crippen LogP contribution in [0.15, 0.2) is 42.5 Å². The molecule has 0 atom stereocenters. The summed E-state index contributed by atoms with van der Waals surface area (Å²) < 4.78 is 26.9. The van der Waals surface area contributed by atoms with Gasteiger partial charge < -0.3 is 0 Å². The fraction of sp³-hybridized carbons (Fsp3) is 0.0667. The SMILES string of the molecule is O=C1c2ccccc2C(=O)C1c1cc(F)ccc1F. The van der Waals surface area contributed by atoms with Gasteiger partial charge >= 0.3 is 0 Å². The van der Waals surface area contributed by atoms with Gasteiger partial charge in [0.05, 0.1) is 0 Å². The van der Waals surface area contributed by atoms with Gasteiger partial charge in [-0.25, -0.2) is 8.78 Å². The third-order valence-electron chi connectivity index (χ3n) is 3.25. The Balaban J connectivity index is 2.17. The molecule has 0 aliphatic heterocycles. The van der Waals surface area contributed by atoms with E-state index in [0.717, 1.165) is 18.2 Å². The Hall–Kier alpha value is -2.36. The van der Waals surface area contributed by atoms with E-state index in [9.17, 15) is 18.4 Å². The lowest BCUT2D eigenvalue weighted by molar-refractivity contribution is 0.0887. The van der Waals surface area contributed by atoms with Gasteiger partial charge in [-0.1, -0.05) is 24.3 Å². The molecule has 0 heterocycles. The van der Waals surface area contributed by atoms with Gasteiger partial charge in [-0.15, -0.1) is 0 Å². The summed E-state index contributed by atoms with van der Waals surface area (Å²) in [7, 11) is 0. The minimum atomic E-state index is -1.27. The lowest BCUT2D eigenvalue weighted by atomic mass is 9.94. The van der Waals surface area contributed by atoms with Crippen molar-refractivity contribution in [2.45, 2.75) is 5.92 Å². The highest BCUT2D eigenvalue weighted by Crippen LogP contribution is 2.35. The Morgan fingerprint density at radius 3 is 2.00 bits per heavy atom. The first kappa shape index (κ1) is 11.7. The predicted molar refractivity (Wildman–Crippen MR) is 64.2 cm³/mol. The number of Topliss-reactive ketones (excluding diaryl/α,β-unsaturated/α-hetero) is 2. The van der Waals surface area contributed by atoms with Crippen LogP contribution in [0, 0.1) is 11.6 Å². The van der Waals surface area contributed by atoms with Crippen molar-refractivity contribution in [2.24, 2.45) is 0 Å². The first-order chi connectivity index (χ1) is 9.09. The van der Waals surface area contributed by atoms with Crippen LogP contribution in [0.3, 0.4) is 0 Å². The fourth-order valence-corrected chi connectivity index (χ4v) is 2.36. The predicted octanol–water partition coefficient (Wildman–Crippen LogP) is 3.13. The van der Waals surface area contributed by atoms with Crippen molar-refractivity contribution in [3.8, 4) is 0 Å². The second-order valence-electron chi connectivity index (χ2n) is 4.37. The van der Waals surface area contributed by atoms with Crippen molar-refractivity contribution in [1.29, 1.82) is 0 Å². The zero-order valence-electron chi connectivity index (χ0n) is 9.69. The lowest BCUT2D eigenvalue weighted by Gasteiger charge is -2.08. The zero-order valence-corrected chi connectivity index (χ0v) is 9.69. The third-order valence-corrected chi connectivity index (χ3v) is 3.25. The minimum absolute atomic E-state index is 0.203. The average Bonchev–Trinajstić information content (AvgIpc) is 2.66. The molecule has 0 fully saturated rings. The number of rotatable bonds is 1. The van der Waals surface area contributed by atoms with E-state index in [1.54, 1.807) is 12.1 Å². The highest BCUT2D eigenvalue weighted by molar-refractivity contribution is 6.29. The Kier molecular flexibility index (Phi) is 2.52. The van der Waals surface area contributed by atoms with Gasteiger partial charge in [0.15, 0.2) is 11.6 Å². The van der Waals surface area contributed by atoms with Crippen LogP contribution in [0.25, 0.3) is 0 Å². The summed E-state index contributed by atoms with van der Waals surface area (Å²) in [5.41, 5.74) is 0.327. The number of halogens is 2. The van der Waals surface area contributed by atoms with E-state index >= 15 is 0 Å². The summed E-state index contributed by atoms with van der Waals surface area (Å²) in [6.07, 6.45) is 0. The maximum Gasteiger partial charge on any atom is 0.178 e. The normalized spacial score (nSPS) is 14.8. The van der Waals surface area contributed by atoms with Gasteiger partial charge in [0.25, 0.3) is 0 Å². The van der Waals surface area contributed by atoms with Crippen molar-refractivity contribution in [1.82, 2.24) is 0 Å². The molecular weight excluding hydrogens is 250 g/mol. The van der Waals surface area contributed by atoms with E-state index < -0.39 is 29.1 Å². The van der Waals surface area contributed by atoms with Crippen molar-refractivity contribution < 1.29 is 18.4 Å². The van der Waals surface area contributed by atoms with Crippen LogP contribution in [0.1, 0.15) is 32.2 Å². The number of benzene rings is 2. The van der Waals surface area contributed by atoms with Crippen LogP contribution < -0.4 is 0 Å². The Bertz CT molecular complexity index is 672. The Labute approximate surface area is 107 Å². The summed E-state index contributed by atoms with van der Waals surface area (Å²) in [5.74, 6) is -3.66. The topological polar surface area (TPSA) is 34.1 Å². The summed E-state index contributed by atoms with van der Waals surface area (Å²) >= 11 is 0. The molecule has 0 saturated carbocycles. The number of hydrogen-bond donors (Lipinski definition) is 0. The lowest BCUT2D eigenvalue weighted by Crippen LogP contribution is -2.14. The van der Waals surface area contributed by atoms with Crippen molar-refractivity contribution in [3.05, 3.63) is 70.8 Å². The molecule has 0 bridgehead atoms. The monoisotopic (exact) mass is 258 g/mol. The summed E-state index contributed by atoms with van der Waals surface area (Å²) in [6.45, 7) is 0. The smallest absolute Gasteiger partial charge is 0.178 e. The maximum absolute atomic E-state index is 13.7. The summed E-state index contributed by atoms with van der Waals surface area (Å²) in [5, 5.41) is 0. The molecule has 0 radical (unpaired) electrons. The molecular formula is C15H8F2O2. The van der Waals surface area contributed by atoms with E-state index in [1.165, 1.54) is 12.1 Å². The van der Waals surface area contributed by atoms with E-state index in [-0.39, 0.29) is 16.7 Å². The first-order valence-electron chi connectivity index (χ1n) is 5.72. The van der Waals surface area contributed by atoms with Crippen LogP contribution in [0.4, 0.5) is 8.78 Å². The van der Waals surface area contributed by atoms with Crippen LogP contribution in [-0.2, 0) is 0 Å². The van der Waals surface area contributed by atoms with Crippen LogP contribution in [-0.4, -0.2) is 11.6 Å². The van der Waals surface area contributed by atoms with Crippen LogP contribution in [0.2, 0.25) is 0 Å². The quantitative estimate of drug-likeness (QED) is 0.736. The number of carbonyl (C=O) groups is 2. The second kappa shape index (κ2) is 4.09. The van der Waals surface area contributed by atoms with Crippen LogP contribution >= 0.6 is 0 Å². The van der Waals surface area contributed by atoms with Gasteiger partial charge in [0.1, 0.15) is 17.6 Å².